The molecule has 3 aliphatic rings. The molecule has 0 aliphatic carbocycles. The van der Waals surface area contributed by atoms with Gasteiger partial charge >= 0.3 is 6.03 Å². The van der Waals surface area contributed by atoms with Gasteiger partial charge in [0, 0.05) is 58.4 Å². The number of hydrogen-bond acceptors (Lipinski definition) is 4. The Balaban J connectivity index is 1.61. The number of hydrogen-bond donors (Lipinski definition) is 0. The zero-order chi connectivity index (χ0) is 18.1. The van der Waals surface area contributed by atoms with Gasteiger partial charge in [0.15, 0.2) is 0 Å². The molecule has 4 rings (SSSR count). The van der Waals surface area contributed by atoms with Crippen molar-refractivity contribution in [2.24, 2.45) is 0 Å². The summed E-state index contributed by atoms with van der Waals surface area (Å²) in [7, 11) is 0. The molecule has 3 heterocycles. The molecule has 140 valence electrons. The molecule has 1 aromatic carbocycles. The van der Waals surface area contributed by atoms with Crippen LogP contribution < -0.4 is 4.90 Å². The van der Waals surface area contributed by atoms with Crippen molar-refractivity contribution in [3.8, 4) is 0 Å². The Morgan fingerprint density at radius 2 is 1.69 bits per heavy atom. The third kappa shape index (κ3) is 3.23. The minimum atomic E-state index is 0.0740. The van der Waals surface area contributed by atoms with Crippen molar-refractivity contribution in [3.05, 3.63) is 29.8 Å². The second kappa shape index (κ2) is 7.15. The Kier molecular flexibility index (Phi) is 4.72. The summed E-state index contributed by atoms with van der Waals surface area (Å²) in [5.41, 5.74) is 2.37. The molecule has 7 nitrogen and oxygen atoms in total. The molecule has 0 spiro atoms. The van der Waals surface area contributed by atoms with Crippen molar-refractivity contribution >= 4 is 17.6 Å². The number of amides is 3. The summed E-state index contributed by atoms with van der Waals surface area (Å²) in [6, 6.07) is 8.52. The summed E-state index contributed by atoms with van der Waals surface area (Å²) in [6.07, 6.45) is 0. The van der Waals surface area contributed by atoms with E-state index in [1.807, 2.05) is 26.8 Å². The first kappa shape index (κ1) is 17.1. The zero-order valence-electron chi connectivity index (χ0n) is 15.3. The first-order valence-electron chi connectivity index (χ1n) is 9.35. The fourth-order valence-electron chi connectivity index (χ4n) is 4.16. The number of urea groups is 1. The number of anilines is 1. The summed E-state index contributed by atoms with van der Waals surface area (Å²) in [6.45, 7) is 7.56. The third-order valence-electron chi connectivity index (χ3n) is 5.57. The van der Waals surface area contributed by atoms with E-state index in [1.54, 1.807) is 6.92 Å². The monoisotopic (exact) mass is 358 g/mol. The Hall–Kier alpha value is -2.28. The van der Waals surface area contributed by atoms with Crippen LogP contribution in [0.3, 0.4) is 0 Å². The van der Waals surface area contributed by atoms with Crippen molar-refractivity contribution < 1.29 is 14.3 Å². The van der Waals surface area contributed by atoms with Gasteiger partial charge < -0.3 is 24.3 Å². The average Bonchev–Trinajstić information content (AvgIpc) is 2.84. The van der Waals surface area contributed by atoms with Gasteiger partial charge in [0.25, 0.3) is 0 Å². The second-order valence-corrected chi connectivity index (χ2v) is 7.20. The Morgan fingerprint density at radius 3 is 2.46 bits per heavy atom. The average molecular weight is 358 g/mol. The summed E-state index contributed by atoms with van der Waals surface area (Å²) < 4.78 is 5.38. The molecule has 1 unspecified atom stereocenters. The van der Waals surface area contributed by atoms with Gasteiger partial charge in [-0.1, -0.05) is 18.2 Å². The van der Waals surface area contributed by atoms with Crippen LogP contribution in [0, 0.1) is 0 Å². The number of carbonyl (C=O) groups excluding carboxylic acids is 2. The van der Waals surface area contributed by atoms with Crippen LogP contribution in [0.4, 0.5) is 10.5 Å². The van der Waals surface area contributed by atoms with E-state index >= 15 is 0 Å². The topological polar surface area (TPSA) is 56.3 Å². The highest BCUT2D eigenvalue weighted by Gasteiger charge is 2.36. The lowest BCUT2D eigenvalue weighted by molar-refractivity contribution is -0.129. The molecular formula is C19H26N4O3. The van der Waals surface area contributed by atoms with Gasteiger partial charge in [-0.2, -0.15) is 0 Å². The molecule has 26 heavy (non-hydrogen) atoms. The van der Waals surface area contributed by atoms with Crippen molar-refractivity contribution in [2.75, 3.05) is 57.4 Å². The fourth-order valence-corrected chi connectivity index (χ4v) is 4.16. The minimum Gasteiger partial charge on any atom is -0.378 e. The first-order chi connectivity index (χ1) is 12.6. The summed E-state index contributed by atoms with van der Waals surface area (Å²) in [4.78, 5) is 33.1. The summed E-state index contributed by atoms with van der Waals surface area (Å²) in [5, 5.41) is 0. The van der Waals surface area contributed by atoms with Crippen LogP contribution in [0.2, 0.25) is 0 Å². The molecule has 0 aromatic heterocycles. The summed E-state index contributed by atoms with van der Waals surface area (Å²) in [5.74, 6) is 0.105. The number of rotatable bonds is 0. The molecule has 0 radical (unpaired) electrons. The standard InChI is InChI=1S/C19H26N4O3/c1-15(24)21-6-7-23-17(13-21)14-22(12-16-4-2-3-5-18(16)23)19(25)20-8-10-26-11-9-20/h2-5,17H,6-14H2,1H3. The van der Waals surface area contributed by atoms with Crippen molar-refractivity contribution in [2.45, 2.75) is 19.5 Å². The number of nitrogens with zero attached hydrogens (tertiary/aromatic N) is 4. The molecule has 2 fully saturated rings. The molecule has 0 bridgehead atoms. The second-order valence-electron chi connectivity index (χ2n) is 7.20. The normalized spacial score (nSPS) is 23.2. The highest BCUT2D eigenvalue weighted by molar-refractivity contribution is 5.76. The predicted octanol–water partition coefficient (Wildman–Crippen LogP) is 0.992. The van der Waals surface area contributed by atoms with Crippen molar-refractivity contribution in [1.29, 1.82) is 0 Å². The molecule has 3 aliphatic heterocycles. The largest absolute Gasteiger partial charge is 0.378 e. The van der Waals surface area contributed by atoms with E-state index in [-0.39, 0.29) is 18.0 Å². The first-order valence-corrected chi connectivity index (χ1v) is 9.35. The molecular weight excluding hydrogens is 332 g/mol. The van der Waals surface area contributed by atoms with E-state index in [0.29, 0.717) is 45.9 Å². The quantitative estimate of drug-likeness (QED) is 0.694. The van der Waals surface area contributed by atoms with Crippen LogP contribution in [0.5, 0.6) is 0 Å². The van der Waals surface area contributed by atoms with Gasteiger partial charge in [0.1, 0.15) is 0 Å². The van der Waals surface area contributed by atoms with Gasteiger partial charge in [-0.3, -0.25) is 4.79 Å². The lowest BCUT2D eigenvalue weighted by atomic mass is 10.1. The van der Waals surface area contributed by atoms with Gasteiger partial charge in [-0.05, 0) is 11.6 Å². The smallest absolute Gasteiger partial charge is 0.320 e. The van der Waals surface area contributed by atoms with Crippen LogP contribution in [-0.2, 0) is 16.1 Å². The highest BCUT2D eigenvalue weighted by atomic mass is 16.5. The lowest BCUT2D eigenvalue weighted by Crippen LogP contribution is -2.58. The molecule has 3 amide bonds. The highest BCUT2D eigenvalue weighted by Crippen LogP contribution is 2.30. The Morgan fingerprint density at radius 1 is 0.962 bits per heavy atom. The summed E-state index contributed by atoms with van der Waals surface area (Å²) >= 11 is 0. The fraction of sp³-hybridized carbons (Fsp3) is 0.579. The molecule has 0 saturated carbocycles. The van der Waals surface area contributed by atoms with Crippen LogP contribution in [0.1, 0.15) is 12.5 Å². The van der Waals surface area contributed by atoms with Gasteiger partial charge in [-0.25, -0.2) is 4.79 Å². The van der Waals surface area contributed by atoms with Crippen molar-refractivity contribution in [1.82, 2.24) is 14.7 Å². The Labute approximate surface area is 154 Å². The molecule has 1 aromatic rings. The Bertz CT molecular complexity index is 689. The number of carbonyl (C=O) groups is 2. The van der Waals surface area contributed by atoms with E-state index < -0.39 is 0 Å². The maximum Gasteiger partial charge on any atom is 0.320 e. The predicted molar refractivity (Wildman–Crippen MR) is 98.0 cm³/mol. The number of para-hydroxylation sites is 1. The molecule has 1 atom stereocenters. The van der Waals surface area contributed by atoms with E-state index in [9.17, 15) is 9.59 Å². The number of fused-ring (bicyclic) bond motifs is 3. The van der Waals surface area contributed by atoms with E-state index in [0.717, 1.165) is 13.1 Å². The molecule has 0 N–H and O–H groups in total. The number of ether oxygens (including phenoxy) is 1. The zero-order valence-corrected chi connectivity index (χ0v) is 15.3. The van der Waals surface area contributed by atoms with E-state index in [4.69, 9.17) is 4.74 Å². The SMILES string of the molecule is CC(=O)N1CCN2c3ccccc3CN(C(=O)N3CCOCC3)CC2C1. The molecule has 2 saturated heterocycles. The van der Waals surface area contributed by atoms with Gasteiger partial charge in [0.2, 0.25) is 5.91 Å². The van der Waals surface area contributed by atoms with Crippen LogP contribution in [-0.4, -0.2) is 85.2 Å². The molecule has 7 heteroatoms. The maximum atomic E-state index is 13.1. The third-order valence-corrected chi connectivity index (χ3v) is 5.57. The number of morpholine rings is 1. The van der Waals surface area contributed by atoms with E-state index in [1.165, 1.54) is 11.3 Å². The minimum absolute atomic E-state index is 0.0740. The number of piperazine rings is 1. The van der Waals surface area contributed by atoms with Gasteiger partial charge in [0.05, 0.1) is 19.3 Å². The lowest BCUT2D eigenvalue weighted by Gasteiger charge is -2.43. The van der Waals surface area contributed by atoms with Crippen LogP contribution in [0.25, 0.3) is 0 Å². The number of benzene rings is 1. The van der Waals surface area contributed by atoms with Crippen LogP contribution >= 0.6 is 0 Å². The van der Waals surface area contributed by atoms with E-state index in [2.05, 4.69) is 17.0 Å². The van der Waals surface area contributed by atoms with Crippen LogP contribution in [0.15, 0.2) is 24.3 Å². The van der Waals surface area contributed by atoms with Crippen molar-refractivity contribution in [3.63, 3.8) is 0 Å². The maximum absolute atomic E-state index is 13.1. The van der Waals surface area contributed by atoms with Gasteiger partial charge in [-0.15, -0.1) is 0 Å².